The Balaban J connectivity index is 1.19. The first-order valence-electron chi connectivity index (χ1n) is 9.08. The molecule has 0 unspecified atom stereocenters. The number of fused-ring (bicyclic) bond motifs is 1. The molecule has 1 aliphatic heterocycles. The number of nitrogens with one attached hydrogen (secondary N) is 1. The number of carbonyl (C=O) groups excluding carboxylic acids is 3. The number of aromatic nitrogens is 1. The molecule has 7 heteroatoms. The van der Waals surface area contributed by atoms with E-state index in [1.54, 1.807) is 11.3 Å². The van der Waals surface area contributed by atoms with Gasteiger partial charge in [0.25, 0.3) is 0 Å². The summed E-state index contributed by atoms with van der Waals surface area (Å²) in [6, 6.07) is 8.35. The van der Waals surface area contributed by atoms with Crippen molar-refractivity contribution in [3.05, 3.63) is 29.3 Å². The molecule has 0 atom stereocenters. The quantitative estimate of drug-likeness (QED) is 0.792. The first-order valence-corrected chi connectivity index (χ1v) is 9.90. The Morgan fingerprint density at radius 3 is 2.65 bits per heavy atom. The van der Waals surface area contributed by atoms with Crippen molar-refractivity contribution < 1.29 is 14.4 Å². The van der Waals surface area contributed by atoms with Crippen LogP contribution in [0.5, 0.6) is 0 Å². The van der Waals surface area contributed by atoms with Gasteiger partial charge < -0.3 is 5.32 Å². The SMILES string of the molecule is O=C(CCCN1C(=O)CCC1=O)NC1CC(c2nc3ccccc3s2)C1. The van der Waals surface area contributed by atoms with Crippen LogP contribution >= 0.6 is 11.3 Å². The standard InChI is InChI=1S/C19H21N3O3S/c23-16(6-3-9-22-17(24)7-8-18(22)25)20-13-10-12(11-13)19-21-14-4-1-2-5-15(14)26-19/h1-2,4-5,12-13H,3,6-11H2,(H,20,23). The number of amides is 3. The normalized spacial score (nSPS) is 22.7. The molecule has 2 aliphatic rings. The van der Waals surface area contributed by atoms with Gasteiger partial charge in [-0.15, -0.1) is 11.3 Å². The van der Waals surface area contributed by atoms with E-state index in [9.17, 15) is 14.4 Å². The average Bonchev–Trinajstić information content (AvgIpc) is 3.15. The molecule has 0 radical (unpaired) electrons. The summed E-state index contributed by atoms with van der Waals surface area (Å²) in [4.78, 5) is 41.1. The third kappa shape index (κ3) is 3.49. The Labute approximate surface area is 155 Å². The molecule has 1 aromatic heterocycles. The van der Waals surface area contributed by atoms with Crippen LogP contribution in [0.4, 0.5) is 0 Å². The lowest BCUT2D eigenvalue weighted by molar-refractivity contribution is -0.138. The Kier molecular flexibility index (Phi) is 4.72. The van der Waals surface area contributed by atoms with E-state index in [1.165, 1.54) is 9.60 Å². The van der Waals surface area contributed by atoms with Crippen LogP contribution < -0.4 is 5.32 Å². The molecule has 136 valence electrons. The van der Waals surface area contributed by atoms with Crippen LogP contribution in [0.3, 0.4) is 0 Å². The number of likely N-dealkylation sites (tertiary alicyclic amines) is 1. The van der Waals surface area contributed by atoms with Crippen LogP contribution in [0.2, 0.25) is 0 Å². The van der Waals surface area contributed by atoms with Gasteiger partial charge in [-0.25, -0.2) is 4.98 Å². The highest BCUT2D eigenvalue weighted by molar-refractivity contribution is 7.18. The lowest BCUT2D eigenvalue weighted by atomic mass is 9.80. The van der Waals surface area contributed by atoms with E-state index in [-0.39, 0.29) is 23.8 Å². The van der Waals surface area contributed by atoms with Gasteiger partial charge in [0.1, 0.15) is 0 Å². The molecular formula is C19H21N3O3S. The number of benzene rings is 1. The molecule has 0 spiro atoms. The van der Waals surface area contributed by atoms with Crippen LogP contribution in [0, 0.1) is 0 Å². The Morgan fingerprint density at radius 2 is 1.92 bits per heavy atom. The number of imide groups is 1. The van der Waals surface area contributed by atoms with E-state index in [4.69, 9.17) is 4.98 Å². The van der Waals surface area contributed by atoms with Gasteiger partial charge in [0, 0.05) is 37.8 Å². The predicted molar refractivity (Wildman–Crippen MR) is 98.7 cm³/mol. The molecule has 0 bridgehead atoms. The molecule has 2 aromatic rings. The van der Waals surface area contributed by atoms with Crippen LogP contribution in [-0.2, 0) is 14.4 Å². The van der Waals surface area contributed by atoms with Gasteiger partial charge in [-0.05, 0) is 31.4 Å². The van der Waals surface area contributed by atoms with Crippen LogP contribution in [0.1, 0.15) is 49.5 Å². The van der Waals surface area contributed by atoms with E-state index >= 15 is 0 Å². The maximum absolute atomic E-state index is 12.1. The van der Waals surface area contributed by atoms with Crippen LogP contribution in [0.25, 0.3) is 10.2 Å². The molecule has 2 heterocycles. The van der Waals surface area contributed by atoms with Gasteiger partial charge in [0.05, 0.1) is 15.2 Å². The minimum atomic E-state index is -0.118. The number of rotatable bonds is 6. The molecule has 1 saturated heterocycles. The Hall–Kier alpha value is -2.28. The predicted octanol–water partition coefficient (Wildman–Crippen LogP) is 2.59. The van der Waals surface area contributed by atoms with Crippen LogP contribution in [0.15, 0.2) is 24.3 Å². The van der Waals surface area contributed by atoms with E-state index in [0.717, 1.165) is 23.4 Å². The number of hydrogen-bond donors (Lipinski definition) is 1. The molecule has 3 amide bonds. The van der Waals surface area contributed by atoms with Gasteiger partial charge in [-0.1, -0.05) is 12.1 Å². The Bertz CT molecular complexity index is 808. The fourth-order valence-electron chi connectivity index (χ4n) is 3.57. The second-order valence-electron chi connectivity index (χ2n) is 7.00. The largest absolute Gasteiger partial charge is 0.353 e. The number of para-hydroxylation sites is 1. The first-order chi connectivity index (χ1) is 12.6. The molecule has 6 nitrogen and oxygen atoms in total. The van der Waals surface area contributed by atoms with E-state index < -0.39 is 0 Å². The maximum atomic E-state index is 12.1. The summed E-state index contributed by atoms with van der Waals surface area (Å²) in [5.41, 5.74) is 1.05. The van der Waals surface area contributed by atoms with Crippen molar-refractivity contribution in [2.45, 2.75) is 50.5 Å². The van der Waals surface area contributed by atoms with Crippen molar-refractivity contribution in [3.8, 4) is 0 Å². The summed E-state index contributed by atoms with van der Waals surface area (Å²) in [5.74, 6) is 0.190. The lowest BCUT2D eigenvalue weighted by Crippen LogP contribution is -2.43. The van der Waals surface area contributed by atoms with Gasteiger partial charge in [-0.2, -0.15) is 0 Å². The molecule has 1 aromatic carbocycles. The summed E-state index contributed by atoms with van der Waals surface area (Å²) < 4.78 is 1.21. The average molecular weight is 371 g/mol. The fraction of sp³-hybridized carbons (Fsp3) is 0.474. The fourth-order valence-corrected chi connectivity index (χ4v) is 4.67. The van der Waals surface area contributed by atoms with Gasteiger partial charge in [-0.3, -0.25) is 19.3 Å². The second-order valence-corrected chi connectivity index (χ2v) is 8.06. The lowest BCUT2D eigenvalue weighted by Gasteiger charge is -2.34. The van der Waals surface area contributed by atoms with Crippen molar-refractivity contribution in [1.82, 2.24) is 15.2 Å². The summed E-state index contributed by atoms with van der Waals surface area (Å²) in [6.07, 6.45) is 3.33. The van der Waals surface area contributed by atoms with Crippen LogP contribution in [-0.4, -0.2) is 40.2 Å². The minimum absolute atomic E-state index is 0.00292. The minimum Gasteiger partial charge on any atom is -0.353 e. The molecule has 4 rings (SSSR count). The van der Waals surface area contributed by atoms with E-state index in [1.807, 2.05) is 18.2 Å². The van der Waals surface area contributed by atoms with Crippen molar-refractivity contribution >= 4 is 39.3 Å². The summed E-state index contributed by atoms with van der Waals surface area (Å²) in [6.45, 7) is 0.351. The van der Waals surface area contributed by atoms with Crippen molar-refractivity contribution in [3.63, 3.8) is 0 Å². The van der Waals surface area contributed by atoms with Crippen molar-refractivity contribution in [2.75, 3.05) is 6.54 Å². The summed E-state index contributed by atoms with van der Waals surface area (Å²) in [5, 5.41) is 4.20. The zero-order chi connectivity index (χ0) is 18.1. The van der Waals surface area contributed by atoms with Gasteiger partial charge >= 0.3 is 0 Å². The first kappa shape index (κ1) is 17.1. The third-order valence-electron chi connectivity index (χ3n) is 5.10. The maximum Gasteiger partial charge on any atom is 0.229 e. The molecule has 26 heavy (non-hydrogen) atoms. The highest BCUT2D eigenvalue weighted by Gasteiger charge is 2.33. The number of carbonyl (C=O) groups is 3. The Morgan fingerprint density at radius 1 is 1.19 bits per heavy atom. The highest BCUT2D eigenvalue weighted by Crippen LogP contribution is 2.40. The highest BCUT2D eigenvalue weighted by atomic mass is 32.1. The van der Waals surface area contributed by atoms with Crippen molar-refractivity contribution in [1.29, 1.82) is 0 Å². The zero-order valence-corrected chi connectivity index (χ0v) is 15.3. The zero-order valence-electron chi connectivity index (χ0n) is 14.4. The molecule has 2 fully saturated rings. The smallest absolute Gasteiger partial charge is 0.229 e. The van der Waals surface area contributed by atoms with Crippen molar-refractivity contribution in [2.24, 2.45) is 0 Å². The van der Waals surface area contributed by atoms with E-state index in [2.05, 4.69) is 11.4 Å². The van der Waals surface area contributed by atoms with Gasteiger partial charge in [0.15, 0.2) is 0 Å². The molecule has 1 aliphatic carbocycles. The molecule has 1 saturated carbocycles. The third-order valence-corrected chi connectivity index (χ3v) is 6.30. The monoisotopic (exact) mass is 371 g/mol. The second kappa shape index (κ2) is 7.15. The summed E-state index contributed by atoms with van der Waals surface area (Å²) in [7, 11) is 0. The summed E-state index contributed by atoms with van der Waals surface area (Å²) >= 11 is 1.74. The molecule has 1 N–H and O–H groups in total. The number of hydrogen-bond acceptors (Lipinski definition) is 5. The molecular weight excluding hydrogens is 350 g/mol. The van der Waals surface area contributed by atoms with Gasteiger partial charge in [0.2, 0.25) is 17.7 Å². The topological polar surface area (TPSA) is 79.4 Å². The number of nitrogens with zero attached hydrogens (tertiary/aromatic N) is 2. The number of thiazole rings is 1. The van der Waals surface area contributed by atoms with E-state index in [0.29, 0.717) is 38.1 Å².